The van der Waals surface area contributed by atoms with Gasteiger partial charge in [-0.3, -0.25) is 0 Å². The molecule has 0 amide bonds. The van der Waals surface area contributed by atoms with Gasteiger partial charge in [-0.05, 0) is 24.3 Å². The highest BCUT2D eigenvalue weighted by Crippen LogP contribution is 2.27. The number of allylic oxidation sites excluding steroid dienone is 1. The van der Waals surface area contributed by atoms with E-state index in [1.807, 2.05) is 0 Å². The van der Waals surface area contributed by atoms with Crippen molar-refractivity contribution in [1.82, 2.24) is 9.97 Å². The number of halogens is 2. The van der Waals surface area contributed by atoms with Gasteiger partial charge in [-0.15, -0.1) is 0 Å². The first-order chi connectivity index (χ1) is 12.0. The fourth-order valence-corrected chi connectivity index (χ4v) is 2.57. The number of fused-ring (bicyclic) bond motifs is 1. The molecule has 0 fully saturated rings. The van der Waals surface area contributed by atoms with Crippen LogP contribution in [0.5, 0.6) is 5.75 Å². The molecule has 0 aliphatic carbocycles. The van der Waals surface area contributed by atoms with Gasteiger partial charge in [0, 0.05) is 23.1 Å². The number of ether oxygens (including phenoxy) is 1. The summed E-state index contributed by atoms with van der Waals surface area (Å²) in [6, 6.07) is 9.01. The molecular formula is C18H16F2N4O. The van der Waals surface area contributed by atoms with Crippen LogP contribution >= 0.6 is 0 Å². The summed E-state index contributed by atoms with van der Waals surface area (Å²) in [5.74, 6) is -0.705. The molecule has 1 aromatic heterocycles. The predicted octanol–water partition coefficient (Wildman–Crippen LogP) is 3.04. The number of anilines is 1. The van der Waals surface area contributed by atoms with Gasteiger partial charge in [-0.1, -0.05) is 18.2 Å². The molecule has 0 aliphatic rings. The Labute approximate surface area is 143 Å². The number of nitrogens with two attached hydrogens (primary N) is 2. The van der Waals surface area contributed by atoms with Gasteiger partial charge in [0.2, 0.25) is 5.95 Å². The van der Waals surface area contributed by atoms with Crippen molar-refractivity contribution in [1.29, 1.82) is 0 Å². The number of rotatable bonds is 4. The van der Waals surface area contributed by atoms with Gasteiger partial charge in [0.25, 0.3) is 0 Å². The summed E-state index contributed by atoms with van der Waals surface area (Å²) in [6.45, 7) is 0. The molecule has 3 aromatic rings. The Kier molecular flexibility index (Phi) is 4.47. The molecule has 1 heterocycles. The molecule has 0 saturated heterocycles. The fraction of sp³-hybridized carbons (Fsp3) is 0.111. The first kappa shape index (κ1) is 16.6. The first-order valence-corrected chi connectivity index (χ1v) is 7.48. The average molecular weight is 342 g/mol. The zero-order valence-corrected chi connectivity index (χ0v) is 13.5. The van der Waals surface area contributed by atoms with Crippen molar-refractivity contribution in [2.75, 3.05) is 12.8 Å². The minimum absolute atomic E-state index is 0.0492. The van der Waals surface area contributed by atoms with Gasteiger partial charge < -0.3 is 16.2 Å². The van der Waals surface area contributed by atoms with E-state index in [9.17, 15) is 8.78 Å². The molecular weight excluding hydrogens is 326 g/mol. The molecule has 7 heteroatoms. The molecule has 25 heavy (non-hydrogen) atoms. The van der Waals surface area contributed by atoms with Crippen LogP contribution in [-0.4, -0.2) is 17.1 Å². The molecule has 128 valence electrons. The van der Waals surface area contributed by atoms with E-state index in [4.69, 9.17) is 16.2 Å². The Morgan fingerprint density at radius 1 is 1.12 bits per heavy atom. The van der Waals surface area contributed by atoms with Gasteiger partial charge in [-0.25, -0.2) is 18.7 Å². The second kappa shape index (κ2) is 6.72. The second-order valence-corrected chi connectivity index (χ2v) is 5.42. The number of hydrogen-bond donors (Lipinski definition) is 2. The van der Waals surface area contributed by atoms with E-state index in [1.54, 1.807) is 18.2 Å². The highest BCUT2D eigenvalue weighted by atomic mass is 19.1. The van der Waals surface area contributed by atoms with E-state index in [0.717, 1.165) is 0 Å². The van der Waals surface area contributed by atoms with Crippen LogP contribution in [0.25, 0.3) is 17.0 Å². The molecule has 3 rings (SSSR count). The molecule has 0 spiro atoms. The number of benzene rings is 2. The summed E-state index contributed by atoms with van der Waals surface area (Å²) in [5, 5.41) is 0.672. The van der Waals surface area contributed by atoms with Gasteiger partial charge in [0.15, 0.2) is 0 Å². The zero-order valence-electron chi connectivity index (χ0n) is 13.5. The smallest absolute Gasteiger partial charge is 0.221 e. The van der Waals surface area contributed by atoms with Crippen LogP contribution in [0.4, 0.5) is 14.7 Å². The number of nitrogen functional groups attached to an aromatic ring is 1. The average Bonchev–Trinajstić information content (AvgIpc) is 2.57. The molecule has 5 nitrogen and oxygen atoms in total. The molecule has 2 aromatic carbocycles. The van der Waals surface area contributed by atoms with E-state index in [2.05, 4.69) is 9.97 Å². The Balaban J connectivity index is 2.06. The quantitative estimate of drug-likeness (QED) is 0.761. The molecule has 0 aliphatic heterocycles. The van der Waals surface area contributed by atoms with Crippen LogP contribution in [0.1, 0.15) is 11.3 Å². The SMILES string of the molecule is COc1cccc2c(C=C(N)Cc3c(F)cccc3F)nc(N)nc12. The lowest BCUT2D eigenvalue weighted by molar-refractivity contribution is 0.419. The lowest BCUT2D eigenvalue weighted by atomic mass is 10.1. The van der Waals surface area contributed by atoms with E-state index < -0.39 is 11.6 Å². The van der Waals surface area contributed by atoms with E-state index >= 15 is 0 Å². The van der Waals surface area contributed by atoms with Crippen molar-refractivity contribution in [3.05, 3.63) is 65.0 Å². The third-order valence-corrected chi connectivity index (χ3v) is 3.72. The highest BCUT2D eigenvalue weighted by Gasteiger charge is 2.12. The van der Waals surface area contributed by atoms with Gasteiger partial charge in [0.05, 0.1) is 12.8 Å². The molecule has 4 N–H and O–H groups in total. The van der Waals surface area contributed by atoms with Crippen LogP contribution in [0, 0.1) is 11.6 Å². The summed E-state index contributed by atoms with van der Waals surface area (Å²) >= 11 is 0. The van der Waals surface area contributed by atoms with E-state index in [-0.39, 0.29) is 23.6 Å². The maximum atomic E-state index is 13.8. The minimum atomic E-state index is -0.648. The Bertz CT molecular complexity index is 952. The number of hydrogen-bond acceptors (Lipinski definition) is 5. The standard InChI is InChI=1S/C18H16F2N4O/c1-25-16-7-2-4-11-15(23-18(22)24-17(11)16)9-10(21)8-12-13(19)5-3-6-14(12)20/h2-7,9H,8,21H2,1H3,(H2,22,23,24). The van der Waals surface area contributed by atoms with Crippen LogP contribution in [-0.2, 0) is 6.42 Å². The summed E-state index contributed by atoms with van der Waals surface area (Å²) in [6.07, 6.45) is 1.44. The van der Waals surface area contributed by atoms with E-state index in [0.29, 0.717) is 22.3 Å². The van der Waals surface area contributed by atoms with E-state index in [1.165, 1.54) is 31.4 Å². The molecule has 0 atom stereocenters. The van der Waals surface area contributed by atoms with Gasteiger partial charge in [0.1, 0.15) is 22.9 Å². The topological polar surface area (TPSA) is 87.0 Å². The van der Waals surface area contributed by atoms with Crippen molar-refractivity contribution in [2.45, 2.75) is 6.42 Å². The predicted molar refractivity (Wildman–Crippen MR) is 92.7 cm³/mol. The monoisotopic (exact) mass is 342 g/mol. The number of aromatic nitrogens is 2. The summed E-state index contributed by atoms with van der Waals surface area (Å²) < 4.78 is 32.8. The molecule has 0 radical (unpaired) electrons. The Morgan fingerprint density at radius 2 is 1.80 bits per heavy atom. The molecule has 0 unspecified atom stereocenters. The Morgan fingerprint density at radius 3 is 2.48 bits per heavy atom. The first-order valence-electron chi connectivity index (χ1n) is 7.48. The fourth-order valence-electron chi connectivity index (χ4n) is 2.57. The number of methoxy groups -OCH3 is 1. The minimum Gasteiger partial charge on any atom is -0.494 e. The molecule has 0 saturated carbocycles. The molecule has 0 bridgehead atoms. The van der Waals surface area contributed by atoms with Crippen LogP contribution in [0.2, 0.25) is 0 Å². The normalized spacial score (nSPS) is 11.7. The zero-order chi connectivity index (χ0) is 18.0. The van der Waals surface area contributed by atoms with Crippen LogP contribution in [0.3, 0.4) is 0 Å². The Hall–Kier alpha value is -3.22. The van der Waals surface area contributed by atoms with Crippen molar-refractivity contribution in [3.63, 3.8) is 0 Å². The van der Waals surface area contributed by atoms with Crippen LogP contribution in [0.15, 0.2) is 42.1 Å². The number of para-hydroxylation sites is 1. The maximum Gasteiger partial charge on any atom is 0.221 e. The summed E-state index contributed by atoms with van der Waals surface area (Å²) in [4.78, 5) is 8.35. The lowest BCUT2D eigenvalue weighted by Gasteiger charge is -2.09. The maximum absolute atomic E-state index is 13.8. The van der Waals surface area contributed by atoms with Crippen LogP contribution < -0.4 is 16.2 Å². The van der Waals surface area contributed by atoms with Gasteiger partial charge >= 0.3 is 0 Å². The third kappa shape index (κ3) is 3.35. The van der Waals surface area contributed by atoms with Crippen molar-refractivity contribution in [2.24, 2.45) is 5.73 Å². The largest absolute Gasteiger partial charge is 0.494 e. The second-order valence-electron chi connectivity index (χ2n) is 5.42. The summed E-state index contributed by atoms with van der Waals surface area (Å²) in [5.41, 5.74) is 12.9. The lowest BCUT2D eigenvalue weighted by Crippen LogP contribution is -2.06. The van der Waals surface area contributed by atoms with Crippen molar-refractivity contribution >= 4 is 22.9 Å². The number of nitrogens with zero attached hydrogens (tertiary/aromatic N) is 2. The summed E-state index contributed by atoms with van der Waals surface area (Å²) in [7, 11) is 1.53. The highest BCUT2D eigenvalue weighted by molar-refractivity contribution is 5.91. The third-order valence-electron chi connectivity index (χ3n) is 3.72. The van der Waals surface area contributed by atoms with Gasteiger partial charge in [-0.2, -0.15) is 0 Å². The van der Waals surface area contributed by atoms with Crippen molar-refractivity contribution in [3.8, 4) is 5.75 Å². The van der Waals surface area contributed by atoms with Crippen molar-refractivity contribution < 1.29 is 13.5 Å².